The maximum Gasteiger partial charge on any atom is 0.410 e. The Morgan fingerprint density at radius 1 is 1.48 bits per heavy atom. The molecule has 1 amide bonds. The first-order valence-corrected chi connectivity index (χ1v) is 7.85. The summed E-state index contributed by atoms with van der Waals surface area (Å²) >= 11 is 3.27. The zero-order valence-electron chi connectivity index (χ0n) is 13.4. The second kappa shape index (κ2) is 7.84. The zero-order chi connectivity index (χ0) is 16.0. The van der Waals surface area contributed by atoms with E-state index >= 15 is 0 Å². The quantitative estimate of drug-likeness (QED) is 0.841. The summed E-state index contributed by atoms with van der Waals surface area (Å²) < 4.78 is 11.5. The molecule has 1 unspecified atom stereocenters. The summed E-state index contributed by atoms with van der Waals surface area (Å²) in [6, 6.07) is 3.80. The van der Waals surface area contributed by atoms with Gasteiger partial charge in [-0.05, 0) is 61.3 Å². The van der Waals surface area contributed by atoms with Crippen LogP contribution in [0.25, 0.3) is 0 Å². The van der Waals surface area contributed by atoms with Crippen LogP contribution in [-0.2, 0) is 11.3 Å². The molecule has 1 aromatic heterocycles. The lowest BCUT2D eigenvalue weighted by Gasteiger charge is -2.26. The van der Waals surface area contributed by atoms with E-state index in [9.17, 15) is 4.79 Å². The van der Waals surface area contributed by atoms with Gasteiger partial charge in [-0.15, -0.1) is 0 Å². The Morgan fingerprint density at radius 3 is 2.67 bits per heavy atom. The highest BCUT2D eigenvalue weighted by molar-refractivity contribution is 9.10. The van der Waals surface area contributed by atoms with Gasteiger partial charge in [0.05, 0.1) is 6.54 Å². The van der Waals surface area contributed by atoms with Gasteiger partial charge in [-0.25, -0.2) is 4.79 Å². The average Bonchev–Trinajstić information content (AvgIpc) is 2.72. The van der Waals surface area contributed by atoms with Gasteiger partial charge in [0.25, 0.3) is 0 Å². The van der Waals surface area contributed by atoms with Gasteiger partial charge in [0, 0.05) is 13.6 Å². The largest absolute Gasteiger partial charge is 0.453 e. The molecule has 5 nitrogen and oxygen atoms in total. The van der Waals surface area contributed by atoms with Crippen molar-refractivity contribution in [3.63, 3.8) is 0 Å². The molecule has 1 heterocycles. The van der Waals surface area contributed by atoms with Crippen molar-refractivity contribution in [3.05, 3.63) is 22.6 Å². The topological polar surface area (TPSA) is 54.7 Å². The van der Waals surface area contributed by atoms with E-state index < -0.39 is 5.60 Å². The number of furan rings is 1. The van der Waals surface area contributed by atoms with E-state index in [-0.39, 0.29) is 6.09 Å². The summed E-state index contributed by atoms with van der Waals surface area (Å²) in [5.74, 6) is 1.20. The molecule has 0 bridgehead atoms. The summed E-state index contributed by atoms with van der Waals surface area (Å²) in [5.41, 5.74) is -0.459. The molecule has 1 aromatic rings. The van der Waals surface area contributed by atoms with Gasteiger partial charge in [-0.3, -0.25) is 0 Å². The highest BCUT2D eigenvalue weighted by Crippen LogP contribution is 2.14. The smallest absolute Gasteiger partial charge is 0.410 e. The molecule has 0 spiro atoms. The van der Waals surface area contributed by atoms with Gasteiger partial charge in [-0.2, -0.15) is 0 Å². The number of hydrogen-bond acceptors (Lipinski definition) is 4. The number of rotatable bonds is 6. The first-order valence-electron chi connectivity index (χ1n) is 7.06. The van der Waals surface area contributed by atoms with Gasteiger partial charge < -0.3 is 19.4 Å². The molecule has 120 valence electrons. The average molecular weight is 361 g/mol. The van der Waals surface area contributed by atoms with E-state index in [0.29, 0.717) is 19.0 Å². The maximum atomic E-state index is 11.9. The Balaban J connectivity index is 2.26. The van der Waals surface area contributed by atoms with Crippen molar-refractivity contribution < 1.29 is 13.9 Å². The van der Waals surface area contributed by atoms with Crippen LogP contribution in [0.15, 0.2) is 21.2 Å². The summed E-state index contributed by atoms with van der Waals surface area (Å²) in [6.07, 6.45) is -0.288. The monoisotopic (exact) mass is 360 g/mol. The van der Waals surface area contributed by atoms with Crippen LogP contribution in [0.4, 0.5) is 4.79 Å². The summed E-state index contributed by atoms with van der Waals surface area (Å²) in [7, 11) is 1.76. The molecular weight excluding hydrogens is 336 g/mol. The van der Waals surface area contributed by atoms with E-state index in [1.54, 1.807) is 11.9 Å². The standard InChI is InChI=1S/C15H25BrN2O3/c1-11(8-17-9-12-6-7-13(16)20-12)10-18(5)14(19)21-15(2,3)4/h6-7,11,17H,8-10H2,1-5H3. The Hall–Kier alpha value is -1.01. The number of carbonyl (C=O) groups excluding carboxylic acids is 1. The Bertz CT molecular complexity index is 454. The summed E-state index contributed by atoms with van der Waals surface area (Å²) in [5, 5.41) is 3.31. The predicted octanol–water partition coefficient (Wildman–Crippen LogP) is 3.63. The van der Waals surface area contributed by atoms with Crippen molar-refractivity contribution in [2.75, 3.05) is 20.1 Å². The molecule has 1 rings (SSSR count). The minimum absolute atomic E-state index is 0.288. The number of nitrogens with one attached hydrogen (secondary N) is 1. The lowest BCUT2D eigenvalue weighted by Crippen LogP contribution is -2.38. The molecule has 1 N–H and O–H groups in total. The van der Waals surface area contributed by atoms with Crippen molar-refractivity contribution in [1.29, 1.82) is 0 Å². The first kappa shape index (κ1) is 18.0. The van der Waals surface area contributed by atoms with E-state index in [0.717, 1.165) is 17.0 Å². The Morgan fingerprint density at radius 2 is 2.14 bits per heavy atom. The van der Waals surface area contributed by atoms with Gasteiger partial charge in [0.15, 0.2) is 4.67 Å². The highest BCUT2D eigenvalue weighted by Gasteiger charge is 2.20. The molecule has 0 aliphatic carbocycles. The molecule has 0 fully saturated rings. The Labute approximate surface area is 135 Å². The third kappa shape index (κ3) is 7.52. The van der Waals surface area contributed by atoms with Crippen LogP contribution >= 0.6 is 15.9 Å². The van der Waals surface area contributed by atoms with Gasteiger partial charge in [0.2, 0.25) is 0 Å². The van der Waals surface area contributed by atoms with Gasteiger partial charge in [-0.1, -0.05) is 6.92 Å². The second-order valence-corrected chi connectivity index (χ2v) is 7.08. The number of ether oxygens (including phenoxy) is 1. The Kier molecular flexibility index (Phi) is 6.74. The molecular formula is C15H25BrN2O3. The van der Waals surface area contributed by atoms with E-state index in [4.69, 9.17) is 9.15 Å². The fourth-order valence-corrected chi connectivity index (χ4v) is 2.18. The van der Waals surface area contributed by atoms with Crippen LogP contribution in [0.2, 0.25) is 0 Å². The first-order chi connectivity index (χ1) is 9.67. The van der Waals surface area contributed by atoms with E-state index in [1.165, 1.54) is 0 Å². The summed E-state index contributed by atoms with van der Waals surface area (Å²) in [6.45, 7) is 9.80. The van der Waals surface area contributed by atoms with Crippen molar-refractivity contribution in [3.8, 4) is 0 Å². The molecule has 0 aliphatic rings. The fourth-order valence-electron chi connectivity index (χ4n) is 1.83. The number of hydrogen-bond donors (Lipinski definition) is 1. The number of nitrogens with zero attached hydrogens (tertiary/aromatic N) is 1. The molecule has 0 saturated heterocycles. The summed E-state index contributed by atoms with van der Waals surface area (Å²) in [4.78, 5) is 13.5. The number of amides is 1. The third-order valence-electron chi connectivity index (χ3n) is 2.71. The number of halogens is 1. The van der Waals surface area contributed by atoms with Crippen LogP contribution in [0.3, 0.4) is 0 Å². The van der Waals surface area contributed by atoms with Crippen LogP contribution in [-0.4, -0.2) is 36.7 Å². The van der Waals surface area contributed by atoms with Crippen LogP contribution < -0.4 is 5.32 Å². The molecule has 0 aliphatic heterocycles. The normalized spacial score (nSPS) is 13.0. The van der Waals surface area contributed by atoms with Crippen LogP contribution in [0.5, 0.6) is 0 Å². The van der Waals surface area contributed by atoms with Gasteiger partial charge >= 0.3 is 6.09 Å². The van der Waals surface area contributed by atoms with Crippen molar-refractivity contribution in [2.45, 2.75) is 39.8 Å². The minimum atomic E-state index is -0.459. The van der Waals surface area contributed by atoms with Crippen molar-refractivity contribution in [1.82, 2.24) is 10.2 Å². The molecule has 0 aromatic carbocycles. The molecule has 1 atom stereocenters. The van der Waals surface area contributed by atoms with Crippen molar-refractivity contribution >= 4 is 22.0 Å². The fraction of sp³-hybridized carbons (Fsp3) is 0.667. The SMILES string of the molecule is CC(CNCc1ccc(Br)o1)CN(C)C(=O)OC(C)(C)C. The van der Waals surface area contributed by atoms with Crippen LogP contribution in [0, 0.1) is 5.92 Å². The predicted molar refractivity (Wildman–Crippen MR) is 86.1 cm³/mol. The molecule has 6 heteroatoms. The maximum absolute atomic E-state index is 11.9. The lowest BCUT2D eigenvalue weighted by molar-refractivity contribution is 0.0276. The zero-order valence-corrected chi connectivity index (χ0v) is 15.0. The van der Waals surface area contributed by atoms with Crippen molar-refractivity contribution in [2.24, 2.45) is 5.92 Å². The molecule has 0 radical (unpaired) electrons. The van der Waals surface area contributed by atoms with Crippen LogP contribution in [0.1, 0.15) is 33.5 Å². The third-order valence-corrected chi connectivity index (χ3v) is 3.14. The number of carbonyl (C=O) groups is 1. The van der Waals surface area contributed by atoms with Gasteiger partial charge in [0.1, 0.15) is 11.4 Å². The lowest BCUT2D eigenvalue weighted by atomic mass is 10.1. The molecule has 21 heavy (non-hydrogen) atoms. The minimum Gasteiger partial charge on any atom is -0.453 e. The molecule has 0 saturated carbocycles. The highest BCUT2D eigenvalue weighted by atomic mass is 79.9. The van der Waals surface area contributed by atoms with E-state index in [2.05, 4.69) is 28.2 Å². The second-order valence-electron chi connectivity index (χ2n) is 6.30. The van der Waals surface area contributed by atoms with E-state index in [1.807, 2.05) is 32.9 Å².